The zero-order valence-corrected chi connectivity index (χ0v) is 9.06. The number of rotatable bonds is 3. The molecule has 2 radical (unpaired) electrons. The first-order valence-corrected chi connectivity index (χ1v) is 5.31. The highest BCUT2D eigenvalue weighted by molar-refractivity contribution is 6.11. The molecule has 2 unspecified atom stereocenters. The van der Waals surface area contributed by atoms with Crippen molar-refractivity contribution in [2.45, 2.75) is 24.3 Å². The highest BCUT2D eigenvalue weighted by Gasteiger charge is 2.86. The smallest absolute Gasteiger partial charge is 0.182 e. The van der Waals surface area contributed by atoms with Crippen LogP contribution in [0.2, 0.25) is 0 Å². The van der Waals surface area contributed by atoms with Gasteiger partial charge in [-0.2, -0.15) is 0 Å². The molecule has 0 aromatic heterocycles. The number of methoxy groups -OCH3 is 2. The van der Waals surface area contributed by atoms with E-state index in [0.717, 1.165) is 6.42 Å². The molecule has 2 saturated heterocycles. The van der Waals surface area contributed by atoms with Gasteiger partial charge in [-0.3, -0.25) is 0 Å². The largest absolute Gasteiger partial charge is 0.384 e. The van der Waals surface area contributed by atoms with E-state index in [1.54, 1.807) is 14.2 Å². The summed E-state index contributed by atoms with van der Waals surface area (Å²) in [6.45, 7) is 1.37. The number of ether oxygens (including phenoxy) is 4. The lowest BCUT2D eigenvalue weighted by atomic mass is 9.85. The number of fused-ring (bicyclic) bond motifs is 1. The average molecular weight is 210 g/mol. The Labute approximate surface area is 90.6 Å². The van der Waals surface area contributed by atoms with Crippen molar-refractivity contribution in [1.82, 2.24) is 0 Å². The molecule has 0 amide bonds. The standard InChI is InChI=1S/C10H15BO4/c1-12-5-9-3-4-14-6-7(9)10(9,13-2)15-8(6)11/h6-8H,3-5H2,1-2H3/t6-,7?,8+,9+,10?/m0/s1. The predicted octanol–water partition coefficient (Wildman–Crippen LogP) is -0.0946. The minimum Gasteiger partial charge on any atom is -0.384 e. The lowest BCUT2D eigenvalue weighted by molar-refractivity contribution is -0.198. The molecule has 0 bridgehead atoms. The summed E-state index contributed by atoms with van der Waals surface area (Å²) in [5.74, 6) is -0.317. The van der Waals surface area contributed by atoms with Gasteiger partial charge in [0, 0.05) is 26.8 Å². The summed E-state index contributed by atoms with van der Waals surface area (Å²) < 4.78 is 22.2. The molecule has 3 aliphatic rings. The van der Waals surface area contributed by atoms with Crippen LogP contribution >= 0.6 is 0 Å². The van der Waals surface area contributed by atoms with E-state index >= 15 is 0 Å². The molecule has 0 N–H and O–H groups in total. The van der Waals surface area contributed by atoms with E-state index < -0.39 is 5.79 Å². The highest BCUT2D eigenvalue weighted by atomic mass is 16.7. The summed E-state index contributed by atoms with van der Waals surface area (Å²) in [6.07, 6.45) is 0.886. The minimum absolute atomic E-state index is 0.0325. The van der Waals surface area contributed by atoms with Crippen LogP contribution < -0.4 is 0 Å². The molecule has 2 heterocycles. The fraction of sp³-hybridized carbons (Fsp3) is 1.00. The monoisotopic (exact) mass is 210 g/mol. The molecule has 0 spiro atoms. The lowest BCUT2D eigenvalue weighted by Gasteiger charge is -2.34. The van der Waals surface area contributed by atoms with E-state index in [1.165, 1.54) is 0 Å². The summed E-state index contributed by atoms with van der Waals surface area (Å²) in [7, 11) is 9.23. The van der Waals surface area contributed by atoms with Crippen molar-refractivity contribution >= 4 is 7.85 Å². The summed E-state index contributed by atoms with van der Waals surface area (Å²) in [5, 5.41) is 0. The second-order valence-corrected chi connectivity index (χ2v) is 4.61. The molecule has 5 atom stereocenters. The summed E-state index contributed by atoms with van der Waals surface area (Å²) in [4.78, 5) is 0. The van der Waals surface area contributed by atoms with Gasteiger partial charge in [0.2, 0.25) is 0 Å². The van der Waals surface area contributed by atoms with Gasteiger partial charge >= 0.3 is 0 Å². The van der Waals surface area contributed by atoms with Crippen LogP contribution in [0.1, 0.15) is 6.42 Å². The van der Waals surface area contributed by atoms with E-state index in [0.29, 0.717) is 13.2 Å². The summed E-state index contributed by atoms with van der Waals surface area (Å²) in [6, 6.07) is -0.361. The summed E-state index contributed by atoms with van der Waals surface area (Å²) in [5.41, 5.74) is -0.0325. The minimum atomic E-state index is -0.552. The van der Waals surface area contributed by atoms with Crippen LogP contribution in [0.5, 0.6) is 0 Å². The third kappa shape index (κ3) is 0.935. The van der Waals surface area contributed by atoms with Gasteiger partial charge in [0.15, 0.2) is 5.79 Å². The van der Waals surface area contributed by atoms with Crippen molar-refractivity contribution in [2.24, 2.45) is 11.3 Å². The zero-order chi connectivity index (χ0) is 10.7. The fourth-order valence-corrected chi connectivity index (χ4v) is 3.54. The SMILES string of the molecule is [B][C@@H]1OC2(OC)C3[C@@H]1OCC[C@@]32COC. The van der Waals surface area contributed by atoms with Gasteiger partial charge < -0.3 is 18.9 Å². The Morgan fingerprint density at radius 3 is 2.93 bits per heavy atom. The van der Waals surface area contributed by atoms with E-state index in [4.69, 9.17) is 26.8 Å². The molecular formula is C10H15BO4. The normalized spacial score (nSPS) is 56.5. The van der Waals surface area contributed by atoms with E-state index in [1.807, 2.05) is 0 Å². The third-order valence-corrected chi connectivity index (χ3v) is 4.14. The first-order chi connectivity index (χ1) is 7.22. The Morgan fingerprint density at radius 1 is 1.47 bits per heavy atom. The zero-order valence-electron chi connectivity index (χ0n) is 9.06. The quantitative estimate of drug-likeness (QED) is 0.610. The van der Waals surface area contributed by atoms with Gasteiger partial charge in [-0.1, -0.05) is 0 Å². The van der Waals surface area contributed by atoms with Crippen LogP contribution in [0.4, 0.5) is 0 Å². The Hall–Kier alpha value is -0.0951. The maximum absolute atomic E-state index is 5.85. The first kappa shape index (κ1) is 10.1. The van der Waals surface area contributed by atoms with E-state index in [2.05, 4.69) is 0 Å². The van der Waals surface area contributed by atoms with Crippen LogP contribution in [0.15, 0.2) is 0 Å². The van der Waals surface area contributed by atoms with Crippen molar-refractivity contribution in [2.75, 3.05) is 27.4 Å². The molecule has 2 aliphatic heterocycles. The van der Waals surface area contributed by atoms with Crippen LogP contribution in [-0.2, 0) is 18.9 Å². The average Bonchev–Trinajstić information content (AvgIpc) is 2.65. The van der Waals surface area contributed by atoms with Crippen molar-refractivity contribution in [3.05, 3.63) is 0 Å². The van der Waals surface area contributed by atoms with E-state index in [-0.39, 0.29) is 23.4 Å². The second-order valence-electron chi connectivity index (χ2n) is 4.61. The molecule has 1 aliphatic carbocycles. The predicted molar refractivity (Wildman–Crippen MR) is 52.5 cm³/mol. The molecule has 0 aromatic carbocycles. The van der Waals surface area contributed by atoms with Gasteiger partial charge in [-0.25, -0.2) is 0 Å². The van der Waals surface area contributed by atoms with Crippen LogP contribution in [0, 0.1) is 11.3 Å². The van der Waals surface area contributed by atoms with E-state index in [9.17, 15) is 0 Å². The third-order valence-electron chi connectivity index (χ3n) is 4.14. The molecule has 82 valence electrons. The van der Waals surface area contributed by atoms with Gasteiger partial charge in [0.1, 0.15) is 7.85 Å². The van der Waals surface area contributed by atoms with Crippen molar-refractivity contribution < 1.29 is 18.9 Å². The second kappa shape index (κ2) is 2.97. The molecule has 3 rings (SSSR count). The summed E-state index contributed by atoms with van der Waals surface area (Å²) >= 11 is 0. The Morgan fingerprint density at radius 2 is 2.27 bits per heavy atom. The molecular weight excluding hydrogens is 195 g/mol. The number of hydrogen-bond donors (Lipinski definition) is 0. The van der Waals surface area contributed by atoms with Gasteiger partial charge in [0.25, 0.3) is 0 Å². The molecule has 5 heteroatoms. The van der Waals surface area contributed by atoms with Crippen molar-refractivity contribution in [3.63, 3.8) is 0 Å². The molecule has 4 nitrogen and oxygen atoms in total. The Kier molecular flexibility index (Phi) is 2.00. The lowest BCUT2D eigenvalue weighted by Crippen LogP contribution is -2.42. The van der Waals surface area contributed by atoms with Gasteiger partial charge in [0.05, 0.1) is 24.0 Å². The molecule has 1 saturated carbocycles. The van der Waals surface area contributed by atoms with Gasteiger partial charge in [-0.15, -0.1) is 0 Å². The molecule has 3 fully saturated rings. The number of hydrogen-bond acceptors (Lipinski definition) is 4. The first-order valence-electron chi connectivity index (χ1n) is 5.31. The van der Waals surface area contributed by atoms with Crippen LogP contribution in [0.3, 0.4) is 0 Å². The van der Waals surface area contributed by atoms with Crippen LogP contribution in [0.25, 0.3) is 0 Å². The highest BCUT2D eigenvalue weighted by Crippen LogP contribution is 2.74. The van der Waals surface area contributed by atoms with Crippen molar-refractivity contribution in [3.8, 4) is 0 Å². The molecule has 0 aromatic rings. The molecule has 15 heavy (non-hydrogen) atoms. The Balaban J connectivity index is 1.93. The fourth-order valence-electron chi connectivity index (χ4n) is 3.54. The topological polar surface area (TPSA) is 36.9 Å². The van der Waals surface area contributed by atoms with Crippen molar-refractivity contribution in [1.29, 1.82) is 0 Å². The Bertz CT molecular complexity index is 279. The maximum Gasteiger partial charge on any atom is 0.182 e. The van der Waals surface area contributed by atoms with Crippen LogP contribution in [-0.4, -0.2) is 53.2 Å². The maximum atomic E-state index is 5.85. The van der Waals surface area contributed by atoms with Gasteiger partial charge in [-0.05, 0) is 6.42 Å².